The highest BCUT2D eigenvalue weighted by Crippen LogP contribution is 2.21. The van der Waals surface area contributed by atoms with E-state index < -0.39 is 16.1 Å². The monoisotopic (exact) mass is 348 g/mol. The topological polar surface area (TPSA) is 86.7 Å². The first-order chi connectivity index (χ1) is 11.3. The Hall–Kier alpha value is -2.38. The van der Waals surface area contributed by atoms with Crippen LogP contribution in [0.5, 0.6) is 0 Å². The maximum Gasteiger partial charge on any atom is 0.264 e. The zero-order valence-corrected chi connectivity index (χ0v) is 14.3. The molecule has 7 heteroatoms. The molecule has 0 saturated heterocycles. The second-order valence-corrected chi connectivity index (χ2v) is 7.36. The van der Waals surface area contributed by atoms with Crippen molar-refractivity contribution in [2.75, 3.05) is 17.9 Å². The van der Waals surface area contributed by atoms with Crippen molar-refractivity contribution in [3.8, 4) is 0 Å². The van der Waals surface area contributed by atoms with Crippen molar-refractivity contribution < 1.29 is 18.3 Å². The number of nitrogens with zero attached hydrogens (tertiary/aromatic N) is 1. The Kier molecular flexibility index (Phi) is 5.58. The van der Waals surface area contributed by atoms with Crippen LogP contribution in [0.2, 0.25) is 0 Å². The number of benzene rings is 2. The Morgan fingerprint density at radius 2 is 1.71 bits per heavy atom. The normalized spacial score (nSPS) is 12.5. The molecule has 0 aliphatic heterocycles. The molecule has 2 rings (SSSR count). The Labute approximate surface area is 141 Å². The lowest BCUT2D eigenvalue weighted by molar-refractivity contribution is 0.0924. The first-order valence-electron chi connectivity index (χ1n) is 7.42. The number of rotatable bonds is 6. The molecule has 1 atom stereocenters. The zero-order valence-electron chi connectivity index (χ0n) is 13.5. The van der Waals surface area contributed by atoms with Crippen LogP contribution in [0.4, 0.5) is 5.69 Å². The largest absolute Gasteiger partial charge is 0.392 e. The molecular formula is C17H20N2O4S. The molecule has 0 fully saturated rings. The van der Waals surface area contributed by atoms with Crippen molar-refractivity contribution in [2.24, 2.45) is 0 Å². The van der Waals surface area contributed by atoms with Crippen molar-refractivity contribution in [1.82, 2.24) is 5.32 Å². The summed E-state index contributed by atoms with van der Waals surface area (Å²) in [4.78, 5) is 12.0. The molecule has 6 nitrogen and oxygen atoms in total. The van der Waals surface area contributed by atoms with Gasteiger partial charge in [0.05, 0.1) is 16.7 Å². The molecule has 128 valence electrons. The number of hydrogen-bond donors (Lipinski definition) is 2. The lowest BCUT2D eigenvalue weighted by Crippen LogP contribution is -2.30. The van der Waals surface area contributed by atoms with Crippen LogP contribution in [-0.4, -0.2) is 39.1 Å². The van der Waals surface area contributed by atoms with Crippen LogP contribution in [0, 0.1) is 0 Å². The molecule has 2 N–H and O–H groups in total. The van der Waals surface area contributed by atoms with Crippen molar-refractivity contribution in [2.45, 2.75) is 17.9 Å². The summed E-state index contributed by atoms with van der Waals surface area (Å²) in [6.45, 7) is 1.70. The summed E-state index contributed by atoms with van der Waals surface area (Å²) in [5.41, 5.74) is 0.883. The maximum absolute atomic E-state index is 12.6. The second-order valence-electron chi connectivity index (χ2n) is 5.39. The number of anilines is 1. The van der Waals surface area contributed by atoms with E-state index in [1.54, 1.807) is 31.2 Å². The number of sulfonamides is 1. The second kappa shape index (κ2) is 7.46. The van der Waals surface area contributed by atoms with Gasteiger partial charge in [0, 0.05) is 19.2 Å². The minimum absolute atomic E-state index is 0.0981. The summed E-state index contributed by atoms with van der Waals surface area (Å²) in [5.74, 6) is -0.365. The molecule has 0 bridgehead atoms. The van der Waals surface area contributed by atoms with Crippen LogP contribution in [0.15, 0.2) is 59.5 Å². The maximum atomic E-state index is 12.6. The lowest BCUT2D eigenvalue weighted by Gasteiger charge is -2.19. The van der Waals surface area contributed by atoms with Gasteiger partial charge in [0.2, 0.25) is 0 Å². The van der Waals surface area contributed by atoms with Gasteiger partial charge in [0.25, 0.3) is 15.9 Å². The smallest absolute Gasteiger partial charge is 0.264 e. The van der Waals surface area contributed by atoms with Crippen molar-refractivity contribution >= 4 is 21.6 Å². The van der Waals surface area contributed by atoms with E-state index in [9.17, 15) is 13.2 Å². The summed E-state index contributed by atoms with van der Waals surface area (Å²) in [7, 11) is -2.22. The van der Waals surface area contributed by atoms with Gasteiger partial charge in [-0.25, -0.2) is 8.42 Å². The number of nitrogens with one attached hydrogen (secondary N) is 1. The minimum atomic E-state index is -3.70. The molecule has 0 saturated carbocycles. The summed E-state index contributed by atoms with van der Waals surface area (Å²) in [6, 6.07) is 14.4. The molecule has 1 unspecified atom stereocenters. The van der Waals surface area contributed by atoms with Crippen LogP contribution in [0.3, 0.4) is 0 Å². The molecule has 0 radical (unpaired) electrons. The van der Waals surface area contributed by atoms with E-state index in [2.05, 4.69) is 5.32 Å². The number of para-hydroxylation sites is 1. The van der Waals surface area contributed by atoms with Gasteiger partial charge in [0.1, 0.15) is 0 Å². The van der Waals surface area contributed by atoms with Crippen LogP contribution in [0.1, 0.15) is 17.3 Å². The molecule has 2 aromatic rings. The van der Waals surface area contributed by atoms with E-state index in [1.807, 2.05) is 6.07 Å². The summed E-state index contributed by atoms with van der Waals surface area (Å²) in [6.07, 6.45) is -0.645. The summed E-state index contributed by atoms with van der Waals surface area (Å²) in [5, 5.41) is 11.7. The molecule has 0 aromatic heterocycles. The van der Waals surface area contributed by atoms with Gasteiger partial charge in [-0.05, 0) is 43.3 Å². The first kappa shape index (κ1) is 18.0. The van der Waals surface area contributed by atoms with E-state index in [0.29, 0.717) is 11.3 Å². The number of amides is 1. The quantitative estimate of drug-likeness (QED) is 0.830. The number of carbonyl (C=O) groups is 1. The molecular weight excluding hydrogens is 328 g/mol. The van der Waals surface area contributed by atoms with E-state index >= 15 is 0 Å². The standard InChI is InChI=1S/C17H20N2O4S/c1-13(20)12-18-17(21)14-8-10-16(11-9-14)24(22,23)19(2)15-6-4-3-5-7-15/h3-11,13,20H,12H2,1-2H3,(H,18,21). The Balaban J connectivity index is 2.19. The highest BCUT2D eigenvalue weighted by molar-refractivity contribution is 7.92. The van der Waals surface area contributed by atoms with Gasteiger partial charge < -0.3 is 10.4 Å². The number of aliphatic hydroxyl groups excluding tert-OH is 1. The van der Waals surface area contributed by atoms with Crippen molar-refractivity contribution in [1.29, 1.82) is 0 Å². The minimum Gasteiger partial charge on any atom is -0.392 e. The number of aliphatic hydroxyl groups is 1. The van der Waals surface area contributed by atoms with E-state index in [0.717, 1.165) is 0 Å². The fourth-order valence-electron chi connectivity index (χ4n) is 2.06. The first-order valence-corrected chi connectivity index (χ1v) is 8.86. The highest BCUT2D eigenvalue weighted by Gasteiger charge is 2.21. The third kappa shape index (κ3) is 4.12. The van der Waals surface area contributed by atoms with Crippen LogP contribution in [-0.2, 0) is 10.0 Å². The number of hydrogen-bond acceptors (Lipinski definition) is 4. The fraction of sp³-hybridized carbons (Fsp3) is 0.235. The molecule has 0 aliphatic rings. The van der Waals surface area contributed by atoms with Crippen LogP contribution < -0.4 is 9.62 Å². The van der Waals surface area contributed by atoms with E-state index in [-0.39, 0.29) is 17.3 Å². The Bertz CT molecular complexity index is 787. The van der Waals surface area contributed by atoms with Gasteiger partial charge >= 0.3 is 0 Å². The predicted octanol–water partition coefficient (Wildman–Crippen LogP) is 1.62. The van der Waals surface area contributed by atoms with Crippen LogP contribution in [0.25, 0.3) is 0 Å². The third-order valence-electron chi connectivity index (χ3n) is 3.45. The van der Waals surface area contributed by atoms with Gasteiger partial charge in [-0.2, -0.15) is 0 Å². The van der Waals surface area contributed by atoms with Crippen molar-refractivity contribution in [3.63, 3.8) is 0 Å². The number of carbonyl (C=O) groups excluding carboxylic acids is 1. The van der Waals surface area contributed by atoms with Crippen molar-refractivity contribution in [3.05, 3.63) is 60.2 Å². The average molecular weight is 348 g/mol. The van der Waals surface area contributed by atoms with Crippen LogP contribution >= 0.6 is 0 Å². The fourth-order valence-corrected chi connectivity index (χ4v) is 3.25. The molecule has 0 spiro atoms. The third-order valence-corrected chi connectivity index (χ3v) is 5.25. The SMILES string of the molecule is CC(O)CNC(=O)c1ccc(S(=O)(=O)N(C)c2ccccc2)cc1. The Morgan fingerprint density at radius 1 is 1.12 bits per heavy atom. The highest BCUT2D eigenvalue weighted by atomic mass is 32.2. The summed E-state index contributed by atoms with van der Waals surface area (Å²) < 4.78 is 26.4. The van der Waals surface area contributed by atoms with Gasteiger partial charge in [-0.1, -0.05) is 18.2 Å². The van der Waals surface area contributed by atoms with Gasteiger partial charge in [0.15, 0.2) is 0 Å². The molecule has 24 heavy (non-hydrogen) atoms. The average Bonchev–Trinajstić information content (AvgIpc) is 2.59. The van der Waals surface area contributed by atoms with Gasteiger partial charge in [-0.15, -0.1) is 0 Å². The van der Waals surface area contributed by atoms with Gasteiger partial charge in [-0.3, -0.25) is 9.10 Å². The molecule has 1 amide bonds. The lowest BCUT2D eigenvalue weighted by atomic mass is 10.2. The summed E-state index contributed by atoms with van der Waals surface area (Å²) >= 11 is 0. The van der Waals surface area contributed by atoms with E-state index in [4.69, 9.17) is 5.11 Å². The molecule has 2 aromatic carbocycles. The molecule has 0 heterocycles. The predicted molar refractivity (Wildman–Crippen MR) is 92.5 cm³/mol. The zero-order chi connectivity index (χ0) is 17.7. The van der Waals surface area contributed by atoms with E-state index in [1.165, 1.54) is 35.6 Å². The molecule has 0 aliphatic carbocycles. The Morgan fingerprint density at radius 3 is 2.25 bits per heavy atom.